The number of carbonyl (C=O) groups excluding carboxylic acids is 1. The quantitative estimate of drug-likeness (QED) is 0.573. The summed E-state index contributed by atoms with van der Waals surface area (Å²) in [6.45, 7) is 3.34. The molecule has 1 heterocycles. The van der Waals surface area contributed by atoms with E-state index in [-0.39, 0.29) is 16.8 Å². The molecule has 0 saturated carbocycles. The fourth-order valence-corrected chi connectivity index (χ4v) is 3.49. The highest BCUT2D eigenvalue weighted by atomic mass is 35.5. The van der Waals surface area contributed by atoms with Gasteiger partial charge in [-0.1, -0.05) is 11.6 Å². The third kappa shape index (κ3) is 5.68. The maximum atomic E-state index is 12.5. The van der Waals surface area contributed by atoms with Crippen LogP contribution in [0, 0.1) is 6.92 Å². The van der Waals surface area contributed by atoms with E-state index in [4.69, 9.17) is 16.3 Å². The van der Waals surface area contributed by atoms with Crippen molar-refractivity contribution in [3.05, 3.63) is 71.5 Å². The number of aromatic nitrogens is 2. The van der Waals surface area contributed by atoms with Crippen LogP contribution in [0.1, 0.15) is 12.6 Å². The molecular weight excluding hydrogens is 428 g/mol. The van der Waals surface area contributed by atoms with E-state index in [1.807, 2.05) is 0 Å². The van der Waals surface area contributed by atoms with Gasteiger partial charge in [-0.2, -0.15) is 0 Å². The molecule has 0 fully saturated rings. The first-order chi connectivity index (χ1) is 14.2. The number of benzene rings is 2. The van der Waals surface area contributed by atoms with E-state index < -0.39 is 16.1 Å². The van der Waals surface area contributed by atoms with E-state index >= 15 is 0 Å². The average Bonchev–Trinajstić information content (AvgIpc) is 2.70. The van der Waals surface area contributed by atoms with Gasteiger partial charge in [-0.15, -0.1) is 0 Å². The summed E-state index contributed by atoms with van der Waals surface area (Å²) in [6, 6.07) is 14.0. The first-order valence-corrected chi connectivity index (χ1v) is 10.7. The Balaban J connectivity index is 1.63. The molecule has 3 aromatic rings. The molecule has 0 spiro atoms. The molecule has 2 aromatic carbocycles. The van der Waals surface area contributed by atoms with Crippen LogP contribution in [0.3, 0.4) is 0 Å². The Morgan fingerprint density at radius 3 is 2.37 bits per heavy atom. The Kier molecular flexibility index (Phi) is 6.53. The Bertz CT molecular complexity index is 1140. The second kappa shape index (κ2) is 9.10. The van der Waals surface area contributed by atoms with E-state index in [1.165, 1.54) is 30.5 Å². The lowest BCUT2D eigenvalue weighted by molar-refractivity contribution is -0.122. The molecule has 0 aliphatic rings. The molecule has 10 heteroatoms. The van der Waals surface area contributed by atoms with Gasteiger partial charge in [0.05, 0.1) is 4.90 Å². The summed E-state index contributed by atoms with van der Waals surface area (Å²) in [6.07, 6.45) is 0.696. The fourth-order valence-electron chi connectivity index (χ4n) is 2.41. The molecule has 156 valence electrons. The van der Waals surface area contributed by atoms with E-state index in [9.17, 15) is 13.2 Å². The van der Waals surface area contributed by atoms with Crippen LogP contribution in [0.15, 0.2) is 65.7 Å². The molecule has 0 bridgehead atoms. The highest BCUT2D eigenvalue weighted by molar-refractivity contribution is 7.92. The monoisotopic (exact) mass is 446 g/mol. The van der Waals surface area contributed by atoms with Crippen molar-refractivity contribution in [3.63, 3.8) is 0 Å². The predicted molar refractivity (Wildman–Crippen MR) is 114 cm³/mol. The standard InChI is InChI=1S/C20H19ClN4O4S/c1-13-11-12-22-20(23-13)25-30(27,28)18-9-5-16(6-10-18)24-19(26)14(2)29-17-7-3-15(21)4-8-17/h3-12,14H,1-2H3,(H,24,26)(H,22,23,25)/t14-/m0/s1. The second-order valence-corrected chi connectivity index (χ2v) is 8.47. The zero-order valence-corrected chi connectivity index (χ0v) is 17.7. The molecule has 2 N–H and O–H groups in total. The van der Waals surface area contributed by atoms with Crippen molar-refractivity contribution in [2.45, 2.75) is 24.8 Å². The summed E-state index contributed by atoms with van der Waals surface area (Å²) in [4.78, 5) is 20.2. The van der Waals surface area contributed by atoms with Gasteiger partial charge >= 0.3 is 0 Å². The smallest absolute Gasteiger partial charge is 0.265 e. The third-order valence-electron chi connectivity index (χ3n) is 3.95. The second-order valence-electron chi connectivity index (χ2n) is 6.35. The van der Waals surface area contributed by atoms with Crippen LogP contribution in [0.5, 0.6) is 5.75 Å². The van der Waals surface area contributed by atoms with Gasteiger partial charge in [-0.3, -0.25) is 4.79 Å². The Morgan fingerprint density at radius 2 is 1.73 bits per heavy atom. The number of carbonyl (C=O) groups is 1. The number of ether oxygens (including phenoxy) is 1. The van der Waals surface area contributed by atoms with E-state index in [0.29, 0.717) is 22.2 Å². The molecule has 0 aliphatic heterocycles. The summed E-state index contributed by atoms with van der Waals surface area (Å²) in [5.74, 6) is 0.111. The van der Waals surface area contributed by atoms with Gasteiger partial charge in [0, 0.05) is 22.6 Å². The lowest BCUT2D eigenvalue weighted by Gasteiger charge is -2.15. The first kappa shape index (κ1) is 21.5. The van der Waals surface area contributed by atoms with Crippen LogP contribution in [0.2, 0.25) is 5.02 Å². The Hall–Kier alpha value is -3.17. The van der Waals surface area contributed by atoms with Crippen LogP contribution in [0.4, 0.5) is 11.6 Å². The van der Waals surface area contributed by atoms with Crippen LogP contribution < -0.4 is 14.8 Å². The van der Waals surface area contributed by atoms with Crippen molar-refractivity contribution >= 4 is 39.2 Å². The highest BCUT2D eigenvalue weighted by Gasteiger charge is 2.18. The van der Waals surface area contributed by atoms with Crippen molar-refractivity contribution in [1.82, 2.24) is 9.97 Å². The van der Waals surface area contributed by atoms with Crippen molar-refractivity contribution < 1.29 is 17.9 Å². The van der Waals surface area contributed by atoms with Crippen molar-refractivity contribution in [2.24, 2.45) is 0 Å². The molecule has 0 saturated heterocycles. The number of nitrogens with zero attached hydrogens (tertiary/aromatic N) is 2. The lowest BCUT2D eigenvalue weighted by atomic mass is 10.3. The van der Waals surface area contributed by atoms with E-state index in [1.54, 1.807) is 44.2 Å². The molecule has 1 atom stereocenters. The molecule has 0 aliphatic carbocycles. The van der Waals surface area contributed by atoms with Crippen molar-refractivity contribution in [3.8, 4) is 5.75 Å². The van der Waals surface area contributed by atoms with Gasteiger partial charge in [-0.05, 0) is 68.4 Å². The minimum atomic E-state index is -3.86. The zero-order valence-electron chi connectivity index (χ0n) is 16.2. The number of nitrogens with one attached hydrogen (secondary N) is 2. The van der Waals surface area contributed by atoms with Gasteiger partial charge < -0.3 is 10.1 Å². The molecular formula is C20H19ClN4O4S. The van der Waals surface area contributed by atoms with Crippen LogP contribution >= 0.6 is 11.6 Å². The summed E-state index contributed by atoms with van der Waals surface area (Å²) >= 11 is 5.83. The third-order valence-corrected chi connectivity index (χ3v) is 5.54. The summed E-state index contributed by atoms with van der Waals surface area (Å²) in [5.41, 5.74) is 1.06. The van der Waals surface area contributed by atoms with Gasteiger partial charge in [0.1, 0.15) is 5.75 Å². The van der Waals surface area contributed by atoms with Gasteiger partial charge in [0.25, 0.3) is 15.9 Å². The molecule has 30 heavy (non-hydrogen) atoms. The molecule has 1 amide bonds. The number of hydrogen-bond donors (Lipinski definition) is 2. The maximum absolute atomic E-state index is 12.5. The van der Waals surface area contributed by atoms with Crippen LogP contribution in [-0.4, -0.2) is 30.4 Å². The number of rotatable bonds is 7. The summed E-state index contributed by atoms with van der Waals surface area (Å²) in [7, 11) is -3.86. The number of halogens is 1. The van der Waals surface area contributed by atoms with Crippen LogP contribution in [-0.2, 0) is 14.8 Å². The SMILES string of the molecule is Cc1ccnc(NS(=O)(=O)c2ccc(NC(=O)[C@H](C)Oc3ccc(Cl)cc3)cc2)n1. The number of anilines is 2. The van der Waals surface area contributed by atoms with Crippen molar-refractivity contribution in [1.29, 1.82) is 0 Å². The Labute approximate surface area is 179 Å². The number of aryl methyl sites for hydroxylation is 1. The molecule has 0 radical (unpaired) electrons. The van der Waals surface area contributed by atoms with Gasteiger partial charge in [0.2, 0.25) is 5.95 Å². The van der Waals surface area contributed by atoms with Crippen LogP contribution in [0.25, 0.3) is 0 Å². The topological polar surface area (TPSA) is 110 Å². The fraction of sp³-hybridized carbons (Fsp3) is 0.150. The first-order valence-electron chi connectivity index (χ1n) is 8.88. The molecule has 0 unspecified atom stereocenters. The average molecular weight is 447 g/mol. The largest absolute Gasteiger partial charge is 0.481 e. The Morgan fingerprint density at radius 1 is 1.07 bits per heavy atom. The van der Waals surface area contributed by atoms with E-state index in [2.05, 4.69) is 20.0 Å². The highest BCUT2D eigenvalue weighted by Crippen LogP contribution is 2.19. The van der Waals surface area contributed by atoms with Crippen molar-refractivity contribution in [2.75, 3.05) is 10.0 Å². The number of amides is 1. The zero-order chi connectivity index (χ0) is 21.7. The minimum Gasteiger partial charge on any atom is -0.481 e. The van der Waals surface area contributed by atoms with E-state index in [0.717, 1.165) is 0 Å². The molecule has 3 rings (SSSR count). The summed E-state index contributed by atoms with van der Waals surface area (Å²) in [5, 5.41) is 3.25. The lowest BCUT2D eigenvalue weighted by Crippen LogP contribution is -2.30. The normalized spacial score (nSPS) is 12.1. The molecule has 1 aromatic heterocycles. The maximum Gasteiger partial charge on any atom is 0.265 e. The molecule has 8 nitrogen and oxygen atoms in total. The minimum absolute atomic E-state index is 0.0102. The number of hydrogen-bond acceptors (Lipinski definition) is 6. The number of sulfonamides is 1. The predicted octanol–water partition coefficient (Wildman–Crippen LogP) is 3.65. The van der Waals surface area contributed by atoms with Gasteiger partial charge in [0.15, 0.2) is 6.10 Å². The van der Waals surface area contributed by atoms with Gasteiger partial charge in [-0.25, -0.2) is 23.1 Å². The summed E-state index contributed by atoms with van der Waals surface area (Å²) < 4.78 is 32.8.